The van der Waals surface area contributed by atoms with E-state index in [1.807, 2.05) is 6.92 Å². The Morgan fingerprint density at radius 1 is 1.54 bits per heavy atom. The molecule has 0 aliphatic rings. The zero-order valence-corrected chi connectivity index (χ0v) is 8.13. The minimum absolute atomic E-state index is 0.0145. The SMILES string of the molecule is CCCC(N)C#Cc1cocc1C. The minimum atomic E-state index is -0.0145. The largest absolute Gasteiger partial charge is 0.471 e. The highest BCUT2D eigenvalue weighted by Crippen LogP contribution is 2.06. The van der Waals surface area contributed by atoms with Gasteiger partial charge in [0.15, 0.2) is 0 Å². The Kier molecular flexibility index (Phi) is 3.60. The molecule has 0 aliphatic carbocycles. The van der Waals surface area contributed by atoms with Crippen molar-refractivity contribution in [2.45, 2.75) is 32.7 Å². The summed E-state index contributed by atoms with van der Waals surface area (Å²) >= 11 is 0. The zero-order valence-electron chi connectivity index (χ0n) is 8.13. The van der Waals surface area contributed by atoms with Crippen molar-refractivity contribution in [3.63, 3.8) is 0 Å². The van der Waals surface area contributed by atoms with Crippen LogP contribution in [-0.4, -0.2) is 6.04 Å². The van der Waals surface area contributed by atoms with Crippen LogP contribution in [0.4, 0.5) is 0 Å². The lowest BCUT2D eigenvalue weighted by Gasteiger charge is -1.98. The van der Waals surface area contributed by atoms with Gasteiger partial charge in [0.2, 0.25) is 0 Å². The number of hydrogen-bond acceptors (Lipinski definition) is 2. The van der Waals surface area contributed by atoms with Crippen molar-refractivity contribution >= 4 is 0 Å². The quantitative estimate of drug-likeness (QED) is 0.702. The number of aryl methyl sites for hydroxylation is 1. The molecule has 0 spiro atoms. The van der Waals surface area contributed by atoms with Crippen molar-refractivity contribution in [1.29, 1.82) is 0 Å². The minimum Gasteiger partial charge on any atom is -0.471 e. The van der Waals surface area contributed by atoms with E-state index in [0.29, 0.717) is 0 Å². The van der Waals surface area contributed by atoms with Crippen LogP contribution in [0.15, 0.2) is 16.9 Å². The molecule has 2 nitrogen and oxygen atoms in total. The summed E-state index contributed by atoms with van der Waals surface area (Å²) in [7, 11) is 0. The molecule has 1 unspecified atom stereocenters. The average molecular weight is 177 g/mol. The number of rotatable bonds is 2. The first-order valence-electron chi connectivity index (χ1n) is 4.54. The van der Waals surface area contributed by atoms with E-state index >= 15 is 0 Å². The molecule has 1 aromatic heterocycles. The molecule has 0 radical (unpaired) electrons. The molecule has 1 atom stereocenters. The van der Waals surface area contributed by atoms with Crippen LogP contribution in [0.5, 0.6) is 0 Å². The van der Waals surface area contributed by atoms with Crippen molar-refractivity contribution in [3.8, 4) is 11.8 Å². The number of nitrogens with two attached hydrogens (primary N) is 1. The normalized spacial score (nSPS) is 11.9. The van der Waals surface area contributed by atoms with Crippen molar-refractivity contribution in [2.24, 2.45) is 5.73 Å². The molecular weight excluding hydrogens is 162 g/mol. The van der Waals surface area contributed by atoms with Crippen LogP contribution >= 0.6 is 0 Å². The summed E-state index contributed by atoms with van der Waals surface area (Å²) < 4.78 is 4.99. The zero-order chi connectivity index (χ0) is 9.68. The standard InChI is InChI=1S/C11H15NO/c1-3-4-11(12)6-5-10-8-13-7-9(10)2/h7-8,11H,3-4,12H2,1-2H3. The highest BCUT2D eigenvalue weighted by atomic mass is 16.3. The van der Waals surface area contributed by atoms with Crippen LogP contribution in [0.2, 0.25) is 0 Å². The molecule has 13 heavy (non-hydrogen) atoms. The Labute approximate surface area is 79.1 Å². The molecule has 1 heterocycles. The topological polar surface area (TPSA) is 39.2 Å². The lowest BCUT2D eigenvalue weighted by atomic mass is 10.1. The second-order valence-electron chi connectivity index (χ2n) is 3.13. The van der Waals surface area contributed by atoms with Crippen molar-refractivity contribution in [2.75, 3.05) is 0 Å². The molecule has 1 aromatic rings. The fraction of sp³-hybridized carbons (Fsp3) is 0.455. The third kappa shape index (κ3) is 2.96. The predicted molar refractivity (Wildman–Crippen MR) is 53.2 cm³/mol. The molecule has 0 aromatic carbocycles. The molecule has 0 saturated heterocycles. The first-order valence-corrected chi connectivity index (χ1v) is 4.54. The fourth-order valence-corrected chi connectivity index (χ4v) is 1.04. The van der Waals surface area contributed by atoms with Gasteiger partial charge in [-0.25, -0.2) is 0 Å². The Morgan fingerprint density at radius 3 is 2.85 bits per heavy atom. The fourth-order valence-electron chi connectivity index (χ4n) is 1.04. The number of furan rings is 1. The smallest absolute Gasteiger partial charge is 0.106 e. The van der Waals surface area contributed by atoms with Crippen LogP contribution in [0.25, 0.3) is 0 Å². The van der Waals surface area contributed by atoms with Gasteiger partial charge in [-0.05, 0) is 13.3 Å². The lowest BCUT2D eigenvalue weighted by molar-refractivity contribution is 0.565. The van der Waals surface area contributed by atoms with Gasteiger partial charge in [0.25, 0.3) is 0 Å². The van der Waals surface area contributed by atoms with Gasteiger partial charge in [-0.15, -0.1) is 0 Å². The highest BCUT2D eigenvalue weighted by molar-refractivity contribution is 5.37. The van der Waals surface area contributed by atoms with Crippen LogP contribution in [0.1, 0.15) is 30.9 Å². The van der Waals surface area contributed by atoms with Gasteiger partial charge in [0, 0.05) is 5.56 Å². The van der Waals surface area contributed by atoms with Crippen molar-refractivity contribution < 1.29 is 4.42 Å². The highest BCUT2D eigenvalue weighted by Gasteiger charge is 1.97. The summed E-state index contributed by atoms with van der Waals surface area (Å²) in [6.07, 6.45) is 5.36. The van der Waals surface area contributed by atoms with Crippen LogP contribution < -0.4 is 5.73 Å². The summed E-state index contributed by atoms with van der Waals surface area (Å²) in [6, 6.07) is -0.0145. The lowest BCUT2D eigenvalue weighted by Crippen LogP contribution is -2.16. The summed E-state index contributed by atoms with van der Waals surface area (Å²) in [6.45, 7) is 4.07. The summed E-state index contributed by atoms with van der Waals surface area (Å²) in [5.74, 6) is 6.00. The molecule has 0 saturated carbocycles. The van der Waals surface area contributed by atoms with E-state index in [-0.39, 0.29) is 6.04 Å². The first kappa shape index (κ1) is 9.88. The maximum Gasteiger partial charge on any atom is 0.106 e. The maximum atomic E-state index is 5.75. The van der Waals surface area contributed by atoms with Crippen LogP contribution in [0, 0.1) is 18.8 Å². The van der Waals surface area contributed by atoms with Gasteiger partial charge in [0.05, 0.1) is 17.9 Å². The van der Waals surface area contributed by atoms with Crippen LogP contribution in [-0.2, 0) is 0 Å². The van der Waals surface area contributed by atoms with Gasteiger partial charge < -0.3 is 10.2 Å². The van der Waals surface area contributed by atoms with Gasteiger partial charge >= 0.3 is 0 Å². The molecule has 2 heteroatoms. The van der Waals surface area contributed by atoms with E-state index in [1.165, 1.54) is 0 Å². The van der Waals surface area contributed by atoms with Gasteiger partial charge in [-0.1, -0.05) is 25.2 Å². The Bertz CT molecular complexity index is 316. The van der Waals surface area contributed by atoms with E-state index < -0.39 is 0 Å². The Morgan fingerprint density at radius 2 is 2.31 bits per heavy atom. The maximum absolute atomic E-state index is 5.75. The molecule has 0 bridgehead atoms. The first-order chi connectivity index (χ1) is 6.24. The molecule has 0 fully saturated rings. The Balaban J connectivity index is 2.62. The monoisotopic (exact) mass is 177 g/mol. The third-order valence-corrected chi connectivity index (χ3v) is 1.85. The Hall–Kier alpha value is -1.20. The van der Waals surface area contributed by atoms with Gasteiger partial charge in [-0.3, -0.25) is 0 Å². The summed E-state index contributed by atoms with van der Waals surface area (Å²) in [4.78, 5) is 0. The molecule has 0 amide bonds. The molecule has 2 N–H and O–H groups in total. The molecule has 70 valence electrons. The van der Waals surface area contributed by atoms with Crippen molar-refractivity contribution in [3.05, 3.63) is 23.7 Å². The molecule has 0 aliphatic heterocycles. The predicted octanol–water partition coefficient (Wildman–Crippen LogP) is 2.07. The van der Waals surface area contributed by atoms with Crippen LogP contribution in [0.3, 0.4) is 0 Å². The van der Waals surface area contributed by atoms with E-state index in [1.54, 1.807) is 12.5 Å². The van der Waals surface area contributed by atoms with E-state index in [0.717, 1.165) is 24.0 Å². The summed E-state index contributed by atoms with van der Waals surface area (Å²) in [5, 5.41) is 0. The summed E-state index contributed by atoms with van der Waals surface area (Å²) in [5.41, 5.74) is 7.75. The third-order valence-electron chi connectivity index (χ3n) is 1.85. The number of hydrogen-bond donors (Lipinski definition) is 1. The second kappa shape index (κ2) is 4.74. The van der Waals surface area contributed by atoms with E-state index in [2.05, 4.69) is 18.8 Å². The van der Waals surface area contributed by atoms with E-state index in [4.69, 9.17) is 10.2 Å². The van der Waals surface area contributed by atoms with Gasteiger partial charge in [-0.2, -0.15) is 0 Å². The van der Waals surface area contributed by atoms with E-state index in [9.17, 15) is 0 Å². The average Bonchev–Trinajstić information content (AvgIpc) is 2.48. The second-order valence-corrected chi connectivity index (χ2v) is 3.13. The van der Waals surface area contributed by atoms with Crippen molar-refractivity contribution in [1.82, 2.24) is 0 Å². The molecular formula is C11H15NO. The molecule has 1 rings (SSSR count). The van der Waals surface area contributed by atoms with Gasteiger partial charge in [0.1, 0.15) is 6.26 Å².